The van der Waals surface area contributed by atoms with Crippen molar-refractivity contribution in [1.29, 1.82) is 0 Å². The molecule has 5 rings (SSSR count). The number of amides is 1. The van der Waals surface area contributed by atoms with Gasteiger partial charge < -0.3 is 15.3 Å². The summed E-state index contributed by atoms with van der Waals surface area (Å²) in [6.45, 7) is 1.34. The van der Waals surface area contributed by atoms with Gasteiger partial charge in [0.25, 0.3) is 12.3 Å². The standard InChI is InChI=1S/C25H21ClF3N7O2/c26-18-3-2-17(24(28)29)22(23(18)27)19-9-30-10-20(34-19)25(38)33-15-8-32-35(12-15)11-14-1-4-21(31-7-14)36-6-5-16(36)13-37/h1-4,7-10,12,16,24,37H,5-6,11,13H2,(H,33,38)/t16-/m0/s1. The van der Waals surface area contributed by atoms with Crippen molar-refractivity contribution in [2.75, 3.05) is 23.4 Å². The lowest BCUT2D eigenvalue weighted by Crippen LogP contribution is -2.50. The van der Waals surface area contributed by atoms with Gasteiger partial charge in [-0.1, -0.05) is 23.7 Å². The molecule has 196 valence electrons. The van der Waals surface area contributed by atoms with Crippen LogP contribution in [0.3, 0.4) is 0 Å². The summed E-state index contributed by atoms with van der Waals surface area (Å²) in [4.78, 5) is 27.2. The molecule has 0 saturated carbocycles. The van der Waals surface area contributed by atoms with Gasteiger partial charge in [-0.05, 0) is 24.1 Å². The zero-order chi connectivity index (χ0) is 26.8. The number of aromatic nitrogens is 5. The van der Waals surface area contributed by atoms with Gasteiger partial charge in [-0.2, -0.15) is 5.10 Å². The summed E-state index contributed by atoms with van der Waals surface area (Å²) in [6, 6.07) is 5.95. The number of nitrogens with zero attached hydrogens (tertiary/aromatic N) is 6. The number of alkyl halides is 2. The molecular weight excluding hydrogens is 523 g/mol. The molecule has 4 heterocycles. The van der Waals surface area contributed by atoms with Gasteiger partial charge in [0.15, 0.2) is 5.82 Å². The number of pyridine rings is 1. The molecule has 38 heavy (non-hydrogen) atoms. The molecular formula is C25H21ClF3N7O2. The third kappa shape index (κ3) is 5.18. The minimum atomic E-state index is -2.98. The summed E-state index contributed by atoms with van der Waals surface area (Å²) in [5.41, 5.74) is -0.332. The highest BCUT2D eigenvalue weighted by Gasteiger charge is 2.28. The minimum absolute atomic E-state index is 0.0926. The van der Waals surface area contributed by atoms with Crippen LogP contribution in [0.4, 0.5) is 24.7 Å². The molecule has 0 radical (unpaired) electrons. The van der Waals surface area contributed by atoms with E-state index in [4.69, 9.17) is 11.6 Å². The lowest BCUT2D eigenvalue weighted by molar-refractivity contribution is 0.102. The monoisotopic (exact) mass is 543 g/mol. The first kappa shape index (κ1) is 25.6. The number of aliphatic hydroxyl groups excluding tert-OH is 1. The first-order valence-corrected chi connectivity index (χ1v) is 12.0. The molecule has 0 bridgehead atoms. The van der Waals surface area contributed by atoms with Gasteiger partial charge in [-0.15, -0.1) is 0 Å². The second-order valence-electron chi connectivity index (χ2n) is 8.64. The molecule has 1 atom stereocenters. The fourth-order valence-corrected chi connectivity index (χ4v) is 4.27. The Hall–Kier alpha value is -4.03. The number of carbonyl (C=O) groups excluding carboxylic acids is 1. The molecule has 0 spiro atoms. The molecule has 0 unspecified atom stereocenters. The van der Waals surface area contributed by atoms with Crippen molar-refractivity contribution in [3.63, 3.8) is 0 Å². The van der Waals surface area contributed by atoms with E-state index >= 15 is 0 Å². The predicted octanol–water partition coefficient (Wildman–Crippen LogP) is 4.34. The first-order valence-electron chi connectivity index (χ1n) is 11.6. The lowest BCUT2D eigenvalue weighted by Gasteiger charge is -2.40. The van der Waals surface area contributed by atoms with Crippen LogP contribution in [-0.4, -0.2) is 54.9 Å². The van der Waals surface area contributed by atoms with Crippen molar-refractivity contribution in [2.45, 2.75) is 25.4 Å². The molecule has 13 heteroatoms. The molecule has 4 aromatic rings. The van der Waals surface area contributed by atoms with Crippen LogP contribution < -0.4 is 10.2 Å². The largest absolute Gasteiger partial charge is 0.394 e. The van der Waals surface area contributed by atoms with Crippen LogP contribution in [0.5, 0.6) is 0 Å². The van der Waals surface area contributed by atoms with E-state index < -0.39 is 29.3 Å². The maximum atomic E-state index is 14.6. The number of benzene rings is 1. The number of hydrogen-bond donors (Lipinski definition) is 2. The average molecular weight is 544 g/mol. The highest BCUT2D eigenvalue weighted by Crippen LogP contribution is 2.35. The van der Waals surface area contributed by atoms with Crippen molar-refractivity contribution < 1.29 is 23.1 Å². The second kappa shape index (κ2) is 10.8. The number of carbonyl (C=O) groups is 1. The Balaban J connectivity index is 1.27. The van der Waals surface area contributed by atoms with Gasteiger partial charge in [0.2, 0.25) is 0 Å². The van der Waals surface area contributed by atoms with Crippen LogP contribution in [0.2, 0.25) is 5.02 Å². The summed E-state index contributed by atoms with van der Waals surface area (Å²) in [5, 5.41) is 15.9. The lowest BCUT2D eigenvalue weighted by atomic mass is 10.0. The van der Waals surface area contributed by atoms with Gasteiger partial charge >= 0.3 is 0 Å². The van der Waals surface area contributed by atoms with Crippen molar-refractivity contribution in [2.24, 2.45) is 0 Å². The van der Waals surface area contributed by atoms with E-state index in [0.717, 1.165) is 48.9 Å². The average Bonchev–Trinajstić information content (AvgIpc) is 3.32. The van der Waals surface area contributed by atoms with Crippen molar-refractivity contribution in [3.8, 4) is 11.3 Å². The normalized spacial score (nSPS) is 15.0. The number of aliphatic hydroxyl groups is 1. The zero-order valence-corrected chi connectivity index (χ0v) is 20.5. The Labute approximate surface area is 219 Å². The van der Waals surface area contributed by atoms with Gasteiger partial charge in [0.05, 0.1) is 54.2 Å². The summed E-state index contributed by atoms with van der Waals surface area (Å²) in [7, 11) is 0. The highest BCUT2D eigenvalue weighted by molar-refractivity contribution is 6.31. The summed E-state index contributed by atoms with van der Waals surface area (Å²) >= 11 is 5.78. The summed E-state index contributed by atoms with van der Waals surface area (Å²) in [6.07, 6.45) is 4.94. The maximum Gasteiger partial charge on any atom is 0.275 e. The second-order valence-corrected chi connectivity index (χ2v) is 9.05. The van der Waals surface area contributed by atoms with E-state index in [1.165, 1.54) is 6.20 Å². The van der Waals surface area contributed by atoms with Gasteiger partial charge in [-0.3, -0.25) is 14.5 Å². The molecule has 0 aliphatic carbocycles. The number of hydrogen-bond acceptors (Lipinski definition) is 7. The Morgan fingerprint density at radius 2 is 2.03 bits per heavy atom. The molecule has 1 saturated heterocycles. The highest BCUT2D eigenvalue weighted by atomic mass is 35.5. The quantitative estimate of drug-likeness (QED) is 0.340. The molecule has 3 aromatic heterocycles. The molecule has 1 aromatic carbocycles. The number of anilines is 2. The Bertz CT molecular complexity index is 1460. The Morgan fingerprint density at radius 3 is 2.71 bits per heavy atom. The van der Waals surface area contributed by atoms with E-state index in [1.807, 2.05) is 17.0 Å². The van der Waals surface area contributed by atoms with Crippen molar-refractivity contribution in [3.05, 3.63) is 82.9 Å². The number of nitrogens with one attached hydrogen (secondary N) is 1. The van der Waals surface area contributed by atoms with Crippen LogP contribution in [0.25, 0.3) is 11.3 Å². The van der Waals surface area contributed by atoms with Crippen LogP contribution in [0.1, 0.15) is 34.5 Å². The fraction of sp³-hybridized carbons (Fsp3) is 0.240. The predicted molar refractivity (Wildman–Crippen MR) is 134 cm³/mol. The van der Waals surface area contributed by atoms with Crippen LogP contribution in [0.15, 0.2) is 55.2 Å². The summed E-state index contributed by atoms with van der Waals surface area (Å²) < 4.78 is 43.2. The Morgan fingerprint density at radius 1 is 1.18 bits per heavy atom. The van der Waals surface area contributed by atoms with Crippen molar-refractivity contribution in [1.82, 2.24) is 24.7 Å². The third-order valence-corrected chi connectivity index (χ3v) is 6.47. The zero-order valence-electron chi connectivity index (χ0n) is 19.7. The number of rotatable bonds is 8. The maximum absolute atomic E-state index is 14.6. The molecule has 1 amide bonds. The van der Waals surface area contributed by atoms with Crippen molar-refractivity contribution >= 4 is 29.0 Å². The van der Waals surface area contributed by atoms with Crippen LogP contribution in [0, 0.1) is 5.82 Å². The van der Waals surface area contributed by atoms with Crippen LogP contribution >= 0.6 is 11.6 Å². The topological polar surface area (TPSA) is 109 Å². The van der Waals surface area contributed by atoms with Gasteiger partial charge in [0, 0.05) is 30.1 Å². The molecule has 1 aliphatic heterocycles. The van der Waals surface area contributed by atoms with Crippen LogP contribution in [-0.2, 0) is 6.54 Å². The minimum Gasteiger partial charge on any atom is -0.394 e. The molecule has 2 N–H and O–H groups in total. The Kier molecular flexibility index (Phi) is 7.25. The molecule has 1 fully saturated rings. The third-order valence-electron chi connectivity index (χ3n) is 6.18. The van der Waals surface area contributed by atoms with E-state index in [1.54, 1.807) is 17.1 Å². The SMILES string of the molecule is O=C(Nc1cnn(Cc2ccc(N3CC[C@H]3CO)nc2)c1)c1cncc(-c2c(C(F)F)ccc(Cl)c2F)n1. The summed E-state index contributed by atoms with van der Waals surface area (Å²) in [5.74, 6) is -0.953. The van der Waals surface area contributed by atoms with E-state index in [0.29, 0.717) is 12.2 Å². The smallest absolute Gasteiger partial charge is 0.275 e. The van der Waals surface area contributed by atoms with Gasteiger partial charge in [-0.25, -0.2) is 23.1 Å². The van der Waals surface area contributed by atoms with E-state index in [9.17, 15) is 23.1 Å². The fourth-order valence-electron chi connectivity index (χ4n) is 4.11. The molecule has 9 nitrogen and oxygen atoms in total. The van der Waals surface area contributed by atoms with E-state index in [-0.39, 0.29) is 29.1 Å². The first-order chi connectivity index (χ1) is 18.3. The van der Waals surface area contributed by atoms with E-state index in [2.05, 4.69) is 25.4 Å². The number of halogens is 4. The van der Waals surface area contributed by atoms with Gasteiger partial charge in [0.1, 0.15) is 11.5 Å². The molecule has 1 aliphatic rings.